The van der Waals surface area contributed by atoms with E-state index in [-0.39, 0.29) is 23.4 Å². The standard InChI is InChI=1S/C19H21N3O3S/c1-10-6-7-13(18(24)25-4)11(2)15(10)14-8-12-9-20-19(26-5)21-16(12)22(3)17(14)23/h6-9,11,15H,1-5H3. The Morgan fingerprint density at radius 1 is 1.35 bits per heavy atom. The summed E-state index contributed by atoms with van der Waals surface area (Å²) < 4.78 is 6.44. The number of allylic oxidation sites excluding steroid dienone is 3. The van der Waals surface area contributed by atoms with E-state index in [1.165, 1.54) is 18.9 Å². The zero-order valence-corrected chi connectivity index (χ0v) is 16.3. The Hall–Kier alpha value is -2.41. The number of carbonyl (C=O) groups is 1. The zero-order chi connectivity index (χ0) is 19.0. The Kier molecular flexibility index (Phi) is 5.00. The van der Waals surface area contributed by atoms with Gasteiger partial charge in [0.25, 0.3) is 5.56 Å². The van der Waals surface area contributed by atoms with Crippen molar-refractivity contribution in [2.24, 2.45) is 13.0 Å². The summed E-state index contributed by atoms with van der Waals surface area (Å²) in [6.45, 7) is 3.92. The number of esters is 1. The van der Waals surface area contributed by atoms with Crippen LogP contribution in [0.3, 0.4) is 0 Å². The molecule has 136 valence electrons. The normalized spacial score (nSPS) is 19.9. The number of hydrogen-bond acceptors (Lipinski definition) is 6. The predicted octanol–water partition coefficient (Wildman–Crippen LogP) is 2.83. The fourth-order valence-corrected chi connectivity index (χ4v) is 3.85. The minimum Gasteiger partial charge on any atom is -0.466 e. The lowest BCUT2D eigenvalue weighted by molar-refractivity contribution is -0.136. The number of pyridine rings is 1. The van der Waals surface area contributed by atoms with Crippen LogP contribution >= 0.6 is 11.8 Å². The molecule has 2 heterocycles. The lowest BCUT2D eigenvalue weighted by atomic mass is 9.75. The quantitative estimate of drug-likeness (QED) is 0.469. The van der Waals surface area contributed by atoms with Crippen molar-refractivity contribution in [3.8, 4) is 0 Å². The van der Waals surface area contributed by atoms with Crippen LogP contribution in [0, 0.1) is 5.92 Å². The monoisotopic (exact) mass is 371 g/mol. The van der Waals surface area contributed by atoms with Gasteiger partial charge in [0, 0.05) is 35.7 Å². The first kappa shape index (κ1) is 18.4. The number of ether oxygens (including phenoxy) is 1. The highest BCUT2D eigenvalue weighted by Crippen LogP contribution is 2.38. The van der Waals surface area contributed by atoms with Gasteiger partial charge in [0.2, 0.25) is 0 Å². The molecule has 2 unspecified atom stereocenters. The molecule has 6 nitrogen and oxygen atoms in total. The van der Waals surface area contributed by atoms with E-state index in [0.717, 1.165) is 11.0 Å². The summed E-state index contributed by atoms with van der Waals surface area (Å²) in [6.07, 6.45) is 7.29. The van der Waals surface area contributed by atoms with Gasteiger partial charge in [-0.2, -0.15) is 0 Å². The highest BCUT2D eigenvalue weighted by atomic mass is 32.2. The number of nitrogens with zero attached hydrogens (tertiary/aromatic N) is 3. The van der Waals surface area contributed by atoms with Crippen LogP contribution in [0.5, 0.6) is 0 Å². The van der Waals surface area contributed by atoms with Crippen LogP contribution in [-0.2, 0) is 16.6 Å². The molecule has 0 fully saturated rings. The summed E-state index contributed by atoms with van der Waals surface area (Å²) in [7, 11) is 3.08. The van der Waals surface area contributed by atoms with E-state index >= 15 is 0 Å². The lowest BCUT2D eigenvalue weighted by Crippen LogP contribution is -2.30. The van der Waals surface area contributed by atoms with Gasteiger partial charge in [-0.25, -0.2) is 14.8 Å². The van der Waals surface area contributed by atoms with Gasteiger partial charge < -0.3 is 4.74 Å². The van der Waals surface area contributed by atoms with Crippen molar-refractivity contribution in [1.82, 2.24) is 14.5 Å². The summed E-state index contributed by atoms with van der Waals surface area (Å²) in [6, 6.07) is 1.85. The topological polar surface area (TPSA) is 74.1 Å². The third-order valence-corrected chi connectivity index (χ3v) is 5.46. The van der Waals surface area contributed by atoms with Crippen LogP contribution in [0.4, 0.5) is 0 Å². The van der Waals surface area contributed by atoms with Gasteiger partial charge in [0.1, 0.15) is 5.65 Å². The zero-order valence-electron chi connectivity index (χ0n) is 15.4. The minimum atomic E-state index is -0.364. The van der Waals surface area contributed by atoms with Crippen LogP contribution in [0.25, 0.3) is 11.0 Å². The number of rotatable bonds is 3. The number of thioether (sulfide) groups is 1. The maximum atomic E-state index is 13.1. The number of carbonyl (C=O) groups excluding carboxylic acids is 1. The number of aromatic nitrogens is 3. The molecule has 2 atom stereocenters. The Labute approximate surface area is 156 Å². The highest BCUT2D eigenvalue weighted by molar-refractivity contribution is 7.98. The van der Waals surface area contributed by atoms with E-state index < -0.39 is 0 Å². The molecule has 26 heavy (non-hydrogen) atoms. The predicted molar refractivity (Wildman–Crippen MR) is 102 cm³/mol. The molecule has 0 radical (unpaired) electrons. The fraction of sp³-hybridized carbons (Fsp3) is 0.368. The molecule has 0 saturated carbocycles. The Bertz CT molecular complexity index is 1010. The molecular formula is C19H21N3O3S. The molecule has 0 N–H and O–H groups in total. The van der Waals surface area contributed by atoms with Gasteiger partial charge in [-0.15, -0.1) is 0 Å². The molecule has 0 amide bonds. The Morgan fingerprint density at radius 2 is 2.08 bits per heavy atom. The molecule has 7 heteroatoms. The third kappa shape index (κ3) is 2.96. The van der Waals surface area contributed by atoms with E-state index in [0.29, 0.717) is 21.9 Å². The Morgan fingerprint density at radius 3 is 2.73 bits per heavy atom. The number of hydrogen-bond donors (Lipinski definition) is 0. The summed E-state index contributed by atoms with van der Waals surface area (Å²) in [5, 5.41) is 1.42. The molecule has 0 aliphatic heterocycles. The van der Waals surface area contributed by atoms with E-state index in [1.807, 2.05) is 32.2 Å². The van der Waals surface area contributed by atoms with Crippen LogP contribution < -0.4 is 5.56 Å². The average molecular weight is 371 g/mol. The first-order valence-corrected chi connectivity index (χ1v) is 9.48. The maximum Gasteiger partial charge on any atom is 0.334 e. The Balaban J connectivity index is 2.18. The van der Waals surface area contributed by atoms with E-state index in [1.54, 1.807) is 23.9 Å². The molecule has 2 aromatic rings. The first-order chi connectivity index (χ1) is 12.4. The second kappa shape index (κ2) is 7.07. The van der Waals surface area contributed by atoms with Crippen molar-refractivity contribution in [3.05, 3.63) is 51.5 Å². The summed E-state index contributed by atoms with van der Waals surface area (Å²) >= 11 is 1.43. The number of fused-ring (bicyclic) bond motifs is 1. The summed E-state index contributed by atoms with van der Waals surface area (Å²) in [5.74, 6) is -0.724. The van der Waals surface area contributed by atoms with Crippen LogP contribution in [-0.4, -0.2) is 33.9 Å². The van der Waals surface area contributed by atoms with Crippen molar-refractivity contribution in [1.29, 1.82) is 0 Å². The molecule has 0 spiro atoms. The van der Waals surface area contributed by atoms with Gasteiger partial charge in [0.05, 0.1) is 7.11 Å². The molecule has 0 saturated heterocycles. The average Bonchev–Trinajstić information content (AvgIpc) is 2.64. The van der Waals surface area contributed by atoms with Gasteiger partial charge in [-0.05, 0) is 25.2 Å². The van der Waals surface area contributed by atoms with E-state index in [9.17, 15) is 9.59 Å². The van der Waals surface area contributed by atoms with Crippen molar-refractivity contribution in [3.63, 3.8) is 0 Å². The summed E-state index contributed by atoms with van der Waals surface area (Å²) in [5.41, 5.74) is 2.73. The largest absolute Gasteiger partial charge is 0.466 e. The van der Waals surface area contributed by atoms with Crippen molar-refractivity contribution in [2.75, 3.05) is 13.4 Å². The summed E-state index contributed by atoms with van der Waals surface area (Å²) in [4.78, 5) is 33.9. The molecule has 0 aromatic carbocycles. The SMILES string of the molecule is COC(=O)C1=CC=C(C)C(c2cc3cnc(SC)nc3n(C)c2=O)C1C. The smallest absolute Gasteiger partial charge is 0.334 e. The lowest BCUT2D eigenvalue weighted by Gasteiger charge is -2.29. The van der Waals surface area contributed by atoms with Crippen LogP contribution in [0.15, 0.2) is 45.5 Å². The van der Waals surface area contributed by atoms with Crippen molar-refractivity contribution in [2.45, 2.75) is 24.9 Å². The van der Waals surface area contributed by atoms with Gasteiger partial charge in [0.15, 0.2) is 5.16 Å². The van der Waals surface area contributed by atoms with Crippen molar-refractivity contribution < 1.29 is 9.53 Å². The van der Waals surface area contributed by atoms with Gasteiger partial charge in [-0.3, -0.25) is 9.36 Å². The molecular weight excluding hydrogens is 350 g/mol. The minimum absolute atomic E-state index is 0.112. The first-order valence-electron chi connectivity index (χ1n) is 8.26. The van der Waals surface area contributed by atoms with E-state index in [2.05, 4.69) is 9.97 Å². The maximum absolute atomic E-state index is 13.1. The molecule has 2 aromatic heterocycles. The second-order valence-electron chi connectivity index (χ2n) is 6.39. The molecule has 1 aliphatic rings. The molecule has 1 aliphatic carbocycles. The van der Waals surface area contributed by atoms with Gasteiger partial charge >= 0.3 is 5.97 Å². The molecule has 0 bridgehead atoms. The van der Waals surface area contributed by atoms with Gasteiger partial charge in [-0.1, -0.05) is 36.4 Å². The fourth-order valence-electron chi connectivity index (χ4n) is 3.51. The number of aryl methyl sites for hydroxylation is 1. The van der Waals surface area contributed by atoms with Crippen LogP contribution in [0.2, 0.25) is 0 Å². The third-order valence-electron chi connectivity index (χ3n) is 4.90. The van der Waals surface area contributed by atoms with Crippen LogP contribution in [0.1, 0.15) is 25.3 Å². The van der Waals surface area contributed by atoms with E-state index in [4.69, 9.17) is 4.74 Å². The number of methoxy groups -OCH3 is 1. The second-order valence-corrected chi connectivity index (χ2v) is 7.16. The molecule has 3 rings (SSSR count). The van der Waals surface area contributed by atoms with Crippen molar-refractivity contribution >= 4 is 28.8 Å². The highest BCUT2D eigenvalue weighted by Gasteiger charge is 2.32.